The smallest absolute Gasteiger partial charge is 0.171 e. The number of aryl methyl sites for hydroxylation is 1. The van der Waals surface area contributed by atoms with E-state index in [-0.39, 0.29) is 6.04 Å². The zero-order chi connectivity index (χ0) is 16.2. The second-order valence-corrected chi connectivity index (χ2v) is 6.94. The van der Waals surface area contributed by atoms with Crippen molar-refractivity contribution in [2.24, 2.45) is 0 Å². The first-order valence-electron chi connectivity index (χ1n) is 7.65. The second kappa shape index (κ2) is 7.32. The van der Waals surface area contributed by atoms with Crippen LogP contribution in [0.15, 0.2) is 46.9 Å². The molecule has 3 rings (SSSR count). The fourth-order valence-corrected chi connectivity index (χ4v) is 3.62. The van der Waals surface area contributed by atoms with Gasteiger partial charge in [0.25, 0.3) is 0 Å². The zero-order valence-electron chi connectivity index (χ0n) is 12.9. The van der Waals surface area contributed by atoms with Crippen LogP contribution in [0, 0.1) is 0 Å². The molecule has 5 heteroatoms. The van der Waals surface area contributed by atoms with Crippen LogP contribution in [0.3, 0.4) is 0 Å². The maximum Gasteiger partial charge on any atom is 0.171 e. The molecule has 0 unspecified atom stereocenters. The highest BCUT2D eigenvalue weighted by Crippen LogP contribution is 2.32. The summed E-state index contributed by atoms with van der Waals surface area (Å²) >= 11 is 8.95. The summed E-state index contributed by atoms with van der Waals surface area (Å²) in [6.07, 6.45) is 3.33. The molecule has 23 heavy (non-hydrogen) atoms. The van der Waals surface area contributed by atoms with Gasteiger partial charge < -0.3 is 15.4 Å². The minimum atomic E-state index is 0.247. The normalized spacial score (nSPS) is 16.3. The van der Waals surface area contributed by atoms with Crippen LogP contribution in [0.5, 0.6) is 5.75 Å². The Hall–Kier alpha value is -1.59. The molecule has 0 saturated carbocycles. The van der Waals surface area contributed by atoms with Gasteiger partial charge >= 0.3 is 0 Å². The van der Waals surface area contributed by atoms with Crippen molar-refractivity contribution in [2.45, 2.75) is 25.3 Å². The summed E-state index contributed by atoms with van der Waals surface area (Å²) in [5, 5.41) is 7.34. The van der Waals surface area contributed by atoms with Gasteiger partial charge in [0.05, 0.1) is 13.2 Å². The molecule has 0 aliphatic heterocycles. The number of hydrogen-bond donors (Lipinski definition) is 2. The van der Waals surface area contributed by atoms with Crippen LogP contribution in [0.4, 0.5) is 5.69 Å². The van der Waals surface area contributed by atoms with E-state index in [1.54, 1.807) is 7.11 Å². The summed E-state index contributed by atoms with van der Waals surface area (Å²) < 4.78 is 6.35. The topological polar surface area (TPSA) is 33.3 Å². The zero-order valence-corrected chi connectivity index (χ0v) is 15.3. The Morgan fingerprint density at radius 3 is 2.91 bits per heavy atom. The van der Waals surface area contributed by atoms with Crippen molar-refractivity contribution in [1.29, 1.82) is 0 Å². The van der Waals surface area contributed by atoms with E-state index in [1.807, 2.05) is 30.3 Å². The number of rotatable bonds is 3. The molecule has 0 fully saturated rings. The first-order valence-corrected chi connectivity index (χ1v) is 8.86. The first-order chi connectivity index (χ1) is 11.2. The van der Waals surface area contributed by atoms with Gasteiger partial charge in [0.15, 0.2) is 5.11 Å². The Bertz CT molecular complexity index is 720. The fraction of sp³-hybridized carbons (Fsp3) is 0.278. The van der Waals surface area contributed by atoms with Crippen LogP contribution < -0.4 is 15.4 Å². The molecule has 0 saturated heterocycles. The Balaban J connectivity index is 1.70. The molecule has 1 atom stereocenters. The Morgan fingerprint density at radius 2 is 2.13 bits per heavy atom. The van der Waals surface area contributed by atoms with Crippen molar-refractivity contribution in [2.75, 3.05) is 12.4 Å². The van der Waals surface area contributed by atoms with E-state index >= 15 is 0 Å². The van der Waals surface area contributed by atoms with Gasteiger partial charge in [0.2, 0.25) is 0 Å². The van der Waals surface area contributed by atoms with Gasteiger partial charge in [-0.05, 0) is 72.9 Å². The average Bonchev–Trinajstić information content (AvgIpc) is 2.54. The second-order valence-electron chi connectivity index (χ2n) is 5.62. The number of fused-ring (bicyclic) bond motifs is 1. The Kier molecular flexibility index (Phi) is 5.18. The lowest BCUT2D eigenvalue weighted by atomic mass is 9.87. The lowest BCUT2D eigenvalue weighted by Gasteiger charge is -2.28. The predicted molar refractivity (Wildman–Crippen MR) is 102 cm³/mol. The van der Waals surface area contributed by atoms with Crippen molar-refractivity contribution in [3.8, 4) is 5.75 Å². The molecule has 1 aliphatic carbocycles. The van der Waals surface area contributed by atoms with Crippen LogP contribution in [-0.4, -0.2) is 12.2 Å². The number of anilines is 1. The van der Waals surface area contributed by atoms with Crippen molar-refractivity contribution in [3.63, 3.8) is 0 Å². The van der Waals surface area contributed by atoms with Gasteiger partial charge in [-0.15, -0.1) is 0 Å². The lowest BCUT2D eigenvalue weighted by Crippen LogP contribution is -2.34. The summed E-state index contributed by atoms with van der Waals surface area (Å²) in [7, 11) is 1.71. The van der Waals surface area contributed by atoms with Crippen molar-refractivity contribution < 1.29 is 4.74 Å². The van der Waals surface area contributed by atoms with Crippen LogP contribution in [0.25, 0.3) is 0 Å². The molecule has 1 aliphatic rings. The van der Waals surface area contributed by atoms with Gasteiger partial charge in [-0.3, -0.25) is 0 Å². The number of thiocarbonyl (C=S) groups is 1. The van der Waals surface area contributed by atoms with E-state index < -0.39 is 0 Å². The molecule has 0 radical (unpaired) electrons. The number of methoxy groups -OCH3 is 1. The number of benzene rings is 2. The van der Waals surface area contributed by atoms with E-state index in [9.17, 15) is 0 Å². The van der Waals surface area contributed by atoms with E-state index in [0.29, 0.717) is 5.11 Å². The van der Waals surface area contributed by atoms with Crippen molar-refractivity contribution in [1.82, 2.24) is 5.32 Å². The quantitative estimate of drug-likeness (QED) is 0.735. The van der Waals surface area contributed by atoms with Gasteiger partial charge in [-0.1, -0.05) is 28.1 Å². The monoisotopic (exact) mass is 390 g/mol. The van der Waals surface area contributed by atoms with Gasteiger partial charge in [0.1, 0.15) is 5.75 Å². The molecule has 2 N–H and O–H groups in total. The molecule has 3 nitrogen and oxygen atoms in total. The van der Waals surface area contributed by atoms with E-state index in [4.69, 9.17) is 17.0 Å². The first kappa shape index (κ1) is 16.3. The number of nitrogens with one attached hydrogen (secondary N) is 2. The fourth-order valence-electron chi connectivity index (χ4n) is 2.96. The van der Waals surface area contributed by atoms with E-state index in [2.05, 4.69) is 38.7 Å². The van der Waals surface area contributed by atoms with E-state index in [1.165, 1.54) is 11.1 Å². The molecule has 0 amide bonds. The third kappa shape index (κ3) is 4.03. The highest BCUT2D eigenvalue weighted by molar-refractivity contribution is 9.10. The molecular weight excluding hydrogens is 372 g/mol. The van der Waals surface area contributed by atoms with Crippen molar-refractivity contribution >= 4 is 38.9 Å². The molecule has 0 heterocycles. The van der Waals surface area contributed by atoms with Crippen LogP contribution >= 0.6 is 28.1 Å². The van der Waals surface area contributed by atoms with Gasteiger partial charge in [-0.2, -0.15) is 0 Å². The molecule has 0 aromatic heterocycles. The van der Waals surface area contributed by atoms with Crippen LogP contribution in [0.1, 0.15) is 30.0 Å². The third-order valence-corrected chi connectivity index (χ3v) is 4.77. The summed E-state index contributed by atoms with van der Waals surface area (Å²) in [6, 6.07) is 14.5. The van der Waals surface area contributed by atoms with Gasteiger partial charge in [-0.25, -0.2) is 0 Å². The lowest BCUT2D eigenvalue weighted by molar-refractivity contribution is 0.412. The summed E-state index contributed by atoms with van der Waals surface area (Å²) in [5.74, 6) is 0.916. The molecule has 0 spiro atoms. The maximum absolute atomic E-state index is 5.48. The van der Waals surface area contributed by atoms with Crippen LogP contribution in [0.2, 0.25) is 0 Å². The molecule has 120 valence electrons. The highest BCUT2D eigenvalue weighted by Gasteiger charge is 2.21. The SMILES string of the molecule is COc1ccc2c(c1)CCC[C@H]2NC(=S)Nc1cccc(Br)c1. The Labute approximate surface area is 150 Å². The van der Waals surface area contributed by atoms with Crippen LogP contribution in [-0.2, 0) is 6.42 Å². The summed E-state index contributed by atoms with van der Waals surface area (Å²) in [5.41, 5.74) is 3.64. The van der Waals surface area contributed by atoms with Gasteiger partial charge in [0, 0.05) is 10.2 Å². The number of hydrogen-bond acceptors (Lipinski definition) is 2. The van der Waals surface area contributed by atoms with E-state index in [0.717, 1.165) is 35.2 Å². The minimum Gasteiger partial charge on any atom is -0.497 e. The minimum absolute atomic E-state index is 0.247. The maximum atomic E-state index is 5.48. The third-order valence-electron chi connectivity index (χ3n) is 4.05. The number of ether oxygens (including phenoxy) is 1. The molecule has 2 aromatic rings. The van der Waals surface area contributed by atoms with Crippen molar-refractivity contribution in [3.05, 3.63) is 58.1 Å². The molecule has 2 aromatic carbocycles. The highest BCUT2D eigenvalue weighted by atomic mass is 79.9. The summed E-state index contributed by atoms with van der Waals surface area (Å²) in [4.78, 5) is 0. The molecular formula is C18H19BrN2OS. The molecule has 0 bridgehead atoms. The Morgan fingerprint density at radius 1 is 1.26 bits per heavy atom. The number of halogens is 1. The predicted octanol–water partition coefficient (Wildman–Crippen LogP) is 4.82. The standard InChI is InChI=1S/C18H19BrN2OS/c1-22-15-8-9-16-12(10-15)4-2-7-17(16)21-18(23)20-14-6-3-5-13(19)11-14/h3,5-6,8-11,17H,2,4,7H2,1H3,(H2,20,21,23)/t17-/m1/s1. The average molecular weight is 391 g/mol. The summed E-state index contributed by atoms with van der Waals surface area (Å²) in [6.45, 7) is 0. The largest absolute Gasteiger partial charge is 0.497 e.